The van der Waals surface area contributed by atoms with Crippen molar-refractivity contribution in [2.75, 3.05) is 39.3 Å². The number of hydrogen-bond donors (Lipinski definition) is 0. The van der Waals surface area contributed by atoms with Crippen molar-refractivity contribution in [3.63, 3.8) is 0 Å². The molecular formula is C19H28N2O3. The first-order valence-corrected chi connectivity index (χ1v) is 9.35. The van der Waals surface area contributed by atoms with Gasteiger partial charge >= 0.3 is 0 Å². The number of likely N-dealkylation sites (tertiary alicyclic amines) is 2. The molecule has 1 aromatic rings. The lowest BCUT2D eigenvalue weighted by Crippen LogP contribution is -2.66. The average molecular weight is 332 g/mol. The van der Waals surface area contributed by atoms with Crippen molar-refractivity contribution in [2.24, 2.45) is 5.92 Å². The second kappa shape index (κ2) is 6.52. The van der Waals surface area contributed by atoms with E-state index in [-0.39, 0.29) is 11.5 Å². The normalized spacial score (nSPS) is 27.2. The third-order valence-corrected chi connectivity index (χ3v) is 5.90. The van der Waals surface area contributed by atoms with Gasteiger partial charge in [-0.1, -0.05) is 6.42 Å². The number of amides is 1. The number of aryl methyl sites for hydroxylation is 1. The van der Waals surface area contributed by atoms with E-state index in [0.717, 1.165) is 18.6 Å². The molecule has 0 radical (unpaired) electrons. The summed E-state index contributed by atoms with van der Waals surface area (Å²) in [5.74, 6) is 1.14. The van der Waals surface area contributed by atoms with Crippen molar-refractivity contribution in [3.05, 3.63) is 23.7 Å². The number of rotatable bonds is 3. The van der Waals surface area contributed by atoms with Gasteiger partial charge in [-0.3, -0.25) is 4.79 Å². The van der Waals surface area contributed by atoms with Crippen LogP contribution in [0, 0.1) is 12.8 Å². The molecule has 1 spiro atoms. The molecule has 0 bridgehead atoms. The topological polar surface area (TPSA) is 45.9 Å². The largest absolute Gasteiger partial charge is 0.459 e. The van der Waals surface area contributed by atoms with Gasteiger partial charge in [-0.25, -0.2) is 0 Å². The minimum atomic E-state index is -0.0887. The molecule has 1 atom stereocenters. The number of nitrogens with zero attached hydrogens (tertiary/aromatic N) is 2. The van der Waals surface area contributed by atoms with E-state index in [1.54, 1.807) is 6.26 Å². The van der Waals surface area contributed by atoms with Crippen LogP contribution in [0.25, 0.3) is 0 Å². The molecule has 0 saturated carbocycles. The summed E-state index contributed by atoms with van der Waals surface area (Å²) < 4.78 is 11.6. The Morgan fingerprint density at radius 1 is 1.29 bits per heavy atom. The average Bonchev–Trinajstić information content (AvgIpc) is 3.00. The first-order chi connectivity index (χ1) is 11.7. The standard InChI is InChI=1S/C19H28N2O3/c1-15-6-10-23-17(15)18(22)21-13-19(14-21)7-5-16(12-24-19)11-20-8-3-2-4-9-20/h6,10,16H,2-5,7-9,11-14H2,1H3/t16-/m0/s1. The van der Waals surface area contributed by atoms with E-state index in [4.69, 9.17) is 9.15 Å². The lowest BCUT2D eigenvalue weighted by atomic mass is 9.82. The van der Waals surface area contributed by atoms with Crippen molar-refractivity contribution in [2.45, 2.75) is 44.6 Å². The fourth-order valence-electron chi connectivity index (χ4n) is 4.35. The van der Waals surface area contributed by atoms with Gasteiger partial charge in [0.15, 0.2) is 5.76 Å². The second-order valence-corrected chi connectivity index (χ2v) is 7.85. The van der Waals surface area contributed by atoms with E-state index in [1.165, 1.54) is 45.3 Å². The van der Waals surface area contributed by atoms with Crippen LogP contribution < -0.4 is 0 Å². The molecule has 24 heavy (non-hydrogen) atoms. The fraction of sp³-hybridized carbons (Fsp3) is 0.737. The fourth-order valence-corrected chi connectivity index (χ4v) is 4.35. The number of furan rings is 1. The molecule has 0 aliphatic carbocycles. The van der Waals surface area contributed by atoms with E-state index in [0.29, 0.717) is 24.8 Å². The van der Waals surface area contributed by atoms with Crippen LogP contribution in [-0.4, -0.2) is 60.6 Å². The van der Waals surface area contributed by atoms with Crippen LogP contribution >= 0.6 is 0 Å². The predicted octanol–water partition coefficient (Wildman–Crippen LogP) is 2.70. The summed E-state index contributed by atoms with van der Waals surface area (Å²) in [6, 6.07) is 1.84. The lowest BCUT2D eigenvalue weighted by Gasteiger charge is -2.52. The molecule has 1 amide bonds. The maximum atomic E-state index is 12.4. The van der Waals surface area contributed by atoms with Crippen molar-refractivity contribution in [1.82, 2.24) is 9.80 Å². The molecule has 5 nitrogen and oxygen atoms in total. The highest BCUT2D eigenvalue weighted by Crippen LogP contribution is 2.37. The quantitative estimate of drug-likeness (QED) is 0.854. The Hall–Kier alpha value is -1.33. The van der Waals surface area contributed by atoms with Gasteiger partial charge in [0.1, 0.15) is 5.60 Å². The van der Waals surface area contributed by atoms with Crippen LogP contribution in [0.2, 0.25) is 0 Å². The lowest BCUT2D eigenvalue weighted by molar-refractivity contribution is -0.169. The molecule has 0 aromatic carbocycles. The van der Waals surface area contributed by atoms with Gasteiger partial charge in [0, 0.05) is 12.1 Å². The van der Waals surface area contributed by atoms with Gasteiger partial charge in [-0.05, 0) is 57.7 Å². The van der Waals surface area contributed by atoms with Crippen LogP contribution in [0.4, 0.5) is 0 Å². The number of carbonyl (C=O) groups is 1. The third-order valence-electron chi connectivity index (χ3n) is 5.90. The summed E-state index contributed by atoms with van der Waals surface area (Å²) in [6.45, 7) is 7.88. The Kier molecular flexibility index (Phi) is 4.39. The molecule has 4 rings (SSSR count). The highest BCUT2D eigenvalue weighted by molar-refractivity contribution is 5.93. The predicted molar refractivity (Wildman–Crippen MR) is 91.0 cm³/mol. The summed E-state index contributed by atoms with van der Waals surface area (Å²) in [6.07, 6.45) is 7.96. The molecular weight excluding hydrogens is 304 g/mol. The van der Waals surface area contributed by atoms with Crippen LogP contribution in [0.1, 0.15) is 48.2 Å². The summed E-state index contributed by atoms with van der Waals surface area (Å²) in [5.41, 5.74) is 0.821. The Morgan fingerprint density at radius 2 is 2.08 bits per heavy atom. The molecule has 0 N–H and O–H groups in total. The molecule has 4 heterocycles. The van der Waals surface area contributed by atoms with Crippen molar-refractivity contribution in [3.8, 4) is 0 Å². The van der Waals surface area contributed by atoms with Crippen molar-refractivity contribution >= 4 is 5.91 Å². The number of piperidine rings is 1. The van der Waals surface area contributed by atoms with Gasteiger partial charge < -0.3 is 19.0 Å². The van der Waals surface area contributed by atoms with E-state index in [9.17, 15) is 4.79 Å². The molecule has 3 saturated heterocycles. The molecule has 3 fully saturated rings. The molecule has 3 aliphatic rings. The molecule has 132 valence electrons. The maximum absolute atomic E-state index is 12.4. The number of ether oxygens (including phenoxy) is 1. The highest BCUT2D eigenvalue weighted by atomic mass is 16.5. The molecule has 5 heteroatoms. The third kappa shape index (κ3) is 3.11. The minimum Gasteiger partial charge on any atom is -0.459 e. The summed E-state index contributed by atoms with van der Waals surface area (Å²) >= 11 is 0. The van der Waals surface area contributed by atoms with Crippen LogP contribution in [0.5, 0.6) is 0 Å². The Balaban J connectivity index is 1.25. The molecule has 1 aromatic heterocycles. The van der Waals surface area contributed by atoms with E-state index in [2.05, 4.69) is 4.90 Å². The smallest absolute Gasteiger partial charge is 0.290 e. The Labute approximate surface area is 143 Å². The van der Waals surface area contributed by atoms with Gasteiger partial charge in [-0.15, -0.1) is 0 Å². The highest BCUT2D eigenvalue weighted by Gasteiger charge is 2.49. The van der Waals surface area contributed by atoms with Gasteiger partial charge in [0.25, 0.3) is 5.91 Å². The summed E-state index contributed by atoms with van der Waals surface area (Å²) in [4.78, 5) is 16.9. The van der Waals surface area contributed by atoms with Crippen LogP contribution in [-0.2, 0) is 4.74 Å². The zero-order valence-corrected chi connectivity index (χ0v) is 14.6. The van der Waals surface area contributed by atoms with Gasteiger partial charge in [0.05, 0.1) is 26.0 Å². The number of carbonyl (C=O) groups excluding carboxylic acids is 1. The van der Waals surface area contributed by atoms with Crippen molar-refractivity contribution in [1.29, 1.82) is 0 Å². The van der Waals surface area contributed by atoms with Crippen LogP contribution in [0.3, 0.4) is 0 Å². The summed E-state index contributed by atoms with van der Waals surface area (Å²) in [7, 11) is 0. The summed E-state index contributed by atoms with van der Waals surface area (Å²) in [5, 5.41) is 0. The van der Waals surface area contributed by atoms with E-state index in [1.807, 2.05) is 17.9 Å². The second-order valence-electron chi connectivity index (χ2n) is 7.85. The van der Waals surface area contributed by atoms with Gasteiger partial charge in [-0.2, -0.15) is 0 Å². The SMILES string of the molecule is Cc1ccoc1C(=O)N1CC2(CC[C@@H](CN3CCCCC3)CO2)C1. The first-order valence-electron chi connectivity index (χ1n) is 9.35. The molecule has 3 aliphatic heterocycles. The van der Waals surface area contributed by atoms with E-state index < -0.39 is 0 Å². The van der Waals surface area contributed by atoms with Crippen molar-refractivity contribution < 1.29 is 13.9 Å². The Morgan fingerprint density at radius 3 is 2.71 bits per heavy atom. The minimum absolute atomic E-state index is 0.00200. The molecule has 0 unspecified atom stereocenters. The zero-order chi connectivity index (χ0) is 16.6. The van der Waals surface area contributed by atoms with E-state index >= 15 is 0 Å². The van der Waals surface area contributed by atoms with Gasteiger partial charge in [0.2, 0.25) is 0 Å². The first kappa shape index (κ1) is 16.2. The maximum Gasteiger partial charge on any atom is 0.290 e. The monoisotopic (exact) mass is 332 g/mol. The Bertz CT molecular complexity index is 575. The number of hydrogen-bond acceptors (Lipinski definition) is 4. The zero-order valence-electron chi connectivity index (χ0n) is 14.6. The van der Waals surface area contributed by atoms with Crippen LogP contribution in [0.15, 0.2) is 16.7 Å².